The first-order valence-corrected chi connectivity index (χ1v) is 9.31. The van der Waals surface area contributed by atoms with Crippen molar-refractivity contribution >= 4 is 28.3 Å². The number of carbonyl (C=O) groups excluding carboxylic acids is 1. The van der Waals surface area contributed by atoms with Crippen LogP contribution in [0.25, 0.3) is 10.9 Å². The third kappa shape index (κ3) is 3.92. The largest absolute Gasteiger partial charge is 0.497 e. The van der Waals surface area contributed by atoms with E-state index in [1.807, 2.05) is 36.4 Å². The average Bonchev–Trinajstić information content (AvgIpc) is 3.33. The molecule has 2 heterocycles. The second-order valence-corrected chi connectivity index (χ2v) is 7.00. The van der Waals surface area contributed by atoms with E-state index >= 15 is 0 Å². The van der Waals surface area contributed by atoms with Gasteiger partial charge in [-0.2, -0.15) is 10.2 Å². The van der Waals surface area contributed by atoms with Crippen molar-refractivity contribution in [2.75, 3.05) is 7.11 Å². The van der Waals surface area contributed by atoms with Crippen molar-refractivity contribution in [2.24, 2.45) is 0 Å². The minimum absolute atomic E-state index is 0.0470. The molecule has 0 atom stereocenters. The lowest BCUT2D eigenvalue weighted by Gasteiger charge is -2.03. The molecule has 0 aliphatic heterocycles. The van der Waals surface area contributed by atoms with Gasteiger partial charge < -0.3 is 4.74 Å². The van der Waals surface area contributed by atoms with Gasteiger partial charge >= 0.3 is 0 Å². The van der Waals surface area contributed by atoms with Crippen LogP contribution >= 0.6 is 11.6 Å². The van der Waals surface area contributed by atoms with Crippen LogP contribution in [0, 0.1) is 0 Å². The Morgan fingerprint density at radius 3 is 2.82 bits per heavy atom. The standard InChI is InChI=1S/C21H19ClN4O2/c1-28-17-5-2-14(3-6-17)12-26-13-15(11-23-26)21(27)9-8-20-18-10-16(22)4-7-19(18)24-25-20/h2-7,10-11,13H,8-9,12H2,1H3,(H,24,25). The van der Waals surface area contributed by atoms with Gasteiger partial charge in [-0.05, 0) is 42.3 Å². The van der Waals surface area contributed by atoms with Crippen LogP contribution in [0.5, 0.6) is 5.75 Å². The predicted octanol–water partition coefficient (Wildman–Crippen LogP) is 4.29. The van der Waals surface area contributed by atoms with Crippen LogP contribution in [0.4, 0.5) is 0 Å². The summed E-state index contributed by atoms with van der Waals surface area (Å²) < 4.78 is 6.93. The Morgan fingerprint density at radius 2 is 2.04 bits per heavy atom. The van der Waals surface area contributed by atoms with E-state index in [0.29, 0.717) is 30.0 Å². The number of nitrogens with one attached hydrogen (secondary N) is 1. The summed E-state index contributed by atoms with van der Waals surface area (Å²) in [5.41, 5.74) is 3.45. The van der Waals surface area contributed by atoms with Gasteiger partial charge in [-0.15, -0.1) is 0 Å². The number of fused-ring (bicyclic) bond motifs is 1. The molecule has 0 saturated heterocycles. The zero-order valence-electron chi connectivity index (χ0n) is 15.4. The maximum atomic E-state index is 12.6. The van der Waals surface area contributed by atoms with Gasteiger partial charge in [0.05, 0.1) is 30.9 Å². The SMILES string of the molecule is COc1ccc(Cn2cc(C(=O)CCc3[nH]nc4ccc(Cl)cc34)cn2)cc1. The van der Waals surface area contributed by atoms with Gasteiger partial charge in [-0.3, -0.25) is 14.6 Å². The minimum Gasteiger partial charge on any atom is -0.497 e. The molecule has 1 N–H and O–H groups in total. The number of ether oxygens (including phenoxy) is 1. The maximum absolute atomic E-state index is 12.6. The Balaban J connectivity index is 1.40. The number of carbonyl (C=O) groups is 1. The van der Waals surface area contributed by atoms with Crippen LogP contribution in [0.15, 0.2) is 54.9 Å². The summed E-state index contributed by atoms with van der Waals surface area (Å²) in [7, 11) is 1.64. The molecule has 4 aromatic rings. The lowest BCUT2D eigenvalue weighted by atomic mass is 10.1. The number of aromatic nitrogens is 4. The summed E-state index contributed by atoms with van der Waals surface area (Å²) in [6, 6.07) is 13.3. The summed E-state index contributed by atoms with van der Waals surface area (Å²) in [4.78, 5) is 12.6. The van der Waals surface area contributed by atoms with Gasteiger partial charge in [0, 0.05) is 28.7 Å². The van der Waals surface area contributed by atoms with E-state index in [9.17, 15) is 4.79 Å². The number of hydrogen-bond donors (Lipinski definition) is 1. The van der Waals surface area contributed by atoms with Gasteiger partial charge in [0.2, 0.25) is 0 Å². The molecule has 2 aromatic heterocycles. The molecule has 0 amide bonds. The van der Waals surface area contributed by atoms with E-state index < -0.39 is 0 Å². The Bertz CT molecular complexity index is 1120. The number of ketones is 1. The van der Waals surface area contributed by atoms with Crippen LogP contribution in [0.2, 0.25) is 5.02 Å². The molecular weight excluding hydrogens is 376 g/mol. The number of hydrogen-bond acceptors (Lipinski definition) is 4. The Morgan fingerprint density at radius 1 is 1.21 bits per heavy atom. The third-order valence-electron chi connectivity index (χ3n) is 4.66. The topological polar surface area (TPSA) is 72.8 Å². The molecule has 0 aliphatic rings. The molecule has 6 nitrogen and oxygen atoms in total. The van der Waals surface area contributed by atoms with Gasteiger partial charge in [0.1, 0.15) is 5.75 Å². The summed E-state index contributed by atoms with van der Waals surface area (Å²) in [5, 5.41) is 13.2. The molecule has 0 unspecified atom stereocenters. The third-order valence-corrected chi connectivity index (χ3v) is 4.89. The highest BCUT2D eigenvalue weighted by atomic mass is 35.5. The fourth-order valence-electron chi connectivity index (χ4n) is 3.12. The molecule has 4 rings (SSSR count). The zero-order chi connectivity index (χ0) is 19.5. The van der Waals surface area contributed by atoms with Crippen LogP contribution < -0.4 is 4.74 Å². The normalized spacial score (nSPS) is 11.1. The van der Waals surface area contributed by atoms with Gasteiger partial charge in [0.15, 0.2) is 5.78 Å². The Hall–Kier alpha value is -3.12. The number of nitrogens with zero attached hydrogens (tertiary/aromatic N) is 3. The lowest BCUT2D eigenvalue weighted by Crippen LogP contribution is -2.02. The highest BCUT2D eigenvalue weighted by Crippen LogP contribution is 2.22. The van der Waals surface area contributed by atoms with Crippen molar-refractivity contribution in [1.82, 2.24) is 20.0 Å². The number of aryl methyl sites for hydroxylation is 1. The Kier molecular flexibility index (Phi) is 5.12. The quantitative estimate of drug-likeness (QED) is 0.475. The van der Waals surface area contributed by atoms with Crippen molar-refractivity contribution < 1.29 is 9.53 Å². The first-order chi connectivity index (χ1) is 13.6. The van der Waals surface area contributed by atoms with Gasteiger partial charge in [-0.1, -0.05) is 23.7 Å². The number of benzene rings is 2. The van der Waals surface area contributed by atoms with Crippen LogP contribution in [0.1, 0.15) is 28.0 Å². The van der Waals surface area contributed by atoms with E-state index in [4.69, 9.17) is 16.3 Å². The lowest BCUT2D eigenvalue weighted by molar-refractivity contribution is 0.0982. The van der Waals surface area contributed by atoms with E-state index in [2.05, 4.69) is 15.3 Å². The molecule has 142 valence electrons. The monoisotopic (exact) mass is 394 g/mol. The first-order valence-electron chi connectivity index (χ1n) is 8.93. The summed E-state index contributed by atoms with van der Waals surface area (Å²) in [6.07, 6.45) is 4.35. The zero-order valence-corrected chi connectivity index (χ0v) is 16.1. The average molecular weight is 395 g/mol. The van der Waals surface area contributed by atoms with E-state index in [1.54, 1.807) is 30.3 Å². The molecule has 0 aliphatic carbocycles. The maximum Gasteiger partial charge on any atom is 0.166 e. The number of rotatable bonds is 7. The highest BCUT2D eigenvalue weighted by molar-refractivity contribution is 6.31. The van der Waals surface area contributed by atoms with Gasteiger partial charge in [0.25, 0.3) is 0 Å². The molecular formula is C21H19ClN4O2. The molecule has 2 aromatic carbocycles. The number of Topliss-reactive ketones (excluding diaryl/α,β-unsaturated/α-hetero) is 1. The minimum atomic E-state index is 0.0470. The van der Waals surface area contributed by atoms with Crippen LogP contribution in [-0.4, -0.2) is 32.9 Å². The van der Waals surface area contributed by atoms with Gasteiger partial charge in [-0.25, -0.2) is 0 Å². The smallest absolute Gasteiger partial charge is 0.166 e. The van der Waals surface area contributed by atoms with Crippen molar-refractivity contribution in [3.05, 3.63) is 76.7 Å². The predicted molar refractivity (Wildman–Crippen MR) is 108 cm³/mol. The second kappa shape index (κ2) is 7.86. The van der Waals surface area contributed by atoms with Crippen molar-refractivity contribution in [2.45, 2.75) is 19.4 Å². The van der Waals surface area contributed by atoms with E-state index in [0.717, 1.165) is 27.9 Å². The fraction of sp³-hybridized carbons (Fsp3) is 0.190. The first kappa shape index (κ1) is 18.3. The number of H-pyrrole nitrogens is 1. The Labute approximate surface area is 167 Å². The summed E-state index contributed by atoms with van der Waals surface area (Å²) in [5.74, 6) is 0.860. The van der Waals surface area contributed by atoms with Crippen molar-refractivity contribution in [3.8, 4) is 5.75 Å². The molecule has 28 heavy (non-hydrogen) atoms. The number of methoxy groups -OCH3 is 1. The van der Waals surface area contributed by atoms with E-state index in [-0.39, 0.29) is 5.78 Å². The van der Waals surface area contributed by atoms with Crippen molar-refractivity contribution in [1.29, 1.82) is 0 Å². The van der Waals surface area contributed by atoms with Crippen LogP contribution in [0.3, 0.4) is 0 Å². The molecule has 0 saturated carbocycles. The summed E-state index contributed by atoms with van der Waals surface area (Å²) >= 11 is 6.07. The van der Waals surface area contributed by atoms with E-state index in [1.165, 1.54) is 0 Å². The number of aromatic amines is 1. The highest BCUT2D eigenvalue weighted by Gasteiger charge is 2.12. The molecule has 7 heteroatoms. The molecule has 0 spiro atoms. The van der Waals surface area contributed by atoms with Crippen LogP contribution in [-0.2, 0) is 13.0 Å². The molecule has 0 fully saturated rings. The molecule has 0 radical (unpaired) electrons. The number of halogens is 1. The van der Waals surface area contributed by atoms with Crippen molar-refractivity contribution in [3.63, 3.8) is 0 Å². The molecule has 0 bridgehead atoms. The summed E-state index contributed by atoms with van der Waals surface area (Å²) in [6.45, 7) is 0.598. The fourth-order valence-corrected chi connectivity index (χ4v) is 3.29. The second-order valence-electron chi connectivity index (χ2n) is 6.56.